The molecule has 0 spiro atoms. The molecule has 34 heavy (non-hydrogen) atoms. The lowest BCUT2D eigenvalue weighted by atomic mass is 10.1. The smallest absolute Gasteiger partial charge is 0.255 e. The number of fused-ring (bicyclic) bond motifs is 1. The number of pyridine rings is 1. The number of para-hydroxylation sites is 1. The quantitative estimate of drug-likeness (QED) is 0.269. The lowest BCUT2D eigenvalue weighted by molar-refractivity contribution is -0.119. The molecule has 0 bridgehead atoms. The summed E-state index contributed by atoms with van der Waals surface area (Å²) in [5, 5.41) is 10.2. The number of nitrogens with zero attached hydrogens (tertiary/aromatic N) is 2. The zero-order chi connectivity index (χ0) is 24.1. The van der Waals surface area contributed by atoms with Crippen molar-refractivity contribution in [2.75, 3.05) is 37.4 Å². The van der Waals surface area contributed by atoms with Gasteiger partial charge < -0.3 is 26.4 Å². The number of nitrogens with one attached hydrogen (secondary N) is 3. The maximum absolute atomic E-state index is 11.5. The van der Waals surface area contributed by atoms with E-state index in [1.165, 1.54) is 0 Å². The van der Waals surface area contributed by atoms with Crippen LogP contribution >= 0.6 is 0 Å². The number of aromatic nitrogens is 2. The van der Waals surface area contributed by atoms with Gasteiger partial charge in [-0.05, 0) is 56.3 Å². The molecule has 5 N–H and O–H groups in total. The highest BCUT2D eigenvalue weighted by atomic mass is 16.5. The van der Waals surface area contributed by atoms with Gasteiger partial charge in [0, 0.05) is 30.7 Å². The van der Waals surface area contributed by atoms with Gasteiger partial charge >= 0.3 is 0 Å². The van der Waals surface area contributed by atoms with Gasteiger partial charge in [-0.15, -0.1) is 0 Å². The number of hydrogen-bond acceptors (Lipinski definition) is 6. The minimum Gasteiger partial charge on any atom is -0.483 e. The van der Waals surface area contributed by atoms with Crippen LogP contribution in [0.2, 0.25) is 0 Å². The highest BCUT2D eigenvalue weighted by Crippen LogP contribution is 2.42. The summed E-state index contributed by atoms with van der Waals surface area (Å²) in [5.41, 5.74) is 11.8. The maximum Gasteiger partial charge on any atom is 0.255 e. The Morgan fingerprint density at radius 2 is 1.79 bits per heavy atom. The topological polar surface area (TPSA) is 106 Å². The second kappa shape index (κ2) is 10.3. The molecule has 0 saturated carbocycles. The van der Waals surface area contributed by atoms with Crippen molar-refractivity contribution in [3.05, 3.63) is 71.9 Å². The van der Waals surface area contributed by atoms with Gasteiger partial charge in [0.1, 0.15) is 22.9 Å². The molecule has 8 nitrogen and oxygen atoms in total. The van der Waals surface area contributed by atoms with Gasteiger partial charge in [0.05, 0.1) is 5.56 Å². The van der Waals surface area contributed by atoms with Crippen LogP contribution in [0.25, 0.3) is 16.9 Å². The fourth-order valence-electron chi connectivity index (χ4n) is 3.93. The Balaban J connectivity index is 1.92. The van der Waals surface area contributed by atoms with Gasteiger partial charge in [-0.2, -0.15) is 0 Å². The van der Waals surface area contributed by atoms with Gasteiger partial charge in [0.2, 0.25) is 0 Å². The molecule has 4 aromatic rings. The standard InChI is InChI=1S/C26H30N6O2/c1-17-8-6-9-18(2)24(17)31-26-25(30-22-12-4-5-15-32(22)26)23-19(29-14-13-28-3)10-7-11-20(23)34-16-21(27)33/h4-12,15,28-29,31H,13-14,16H2,1-3H3,(H2,27,33). The number of carbonyl (C=O) groups is 1. The maximum atomic E-state index is 11.5. The van der Waals surface area contributed by atoms with E-state index in [0.29, 0.717) is 18.0 Å². The lowest BCUT2D eigenvalue weighted by Crippen LogP contribution is -2.21. The summed E-state index contributed by atoms with van der Waals surface area (Å²) in [6.45, 7) is 5.42. The number of imidazole rings is 1. The third-order valence-corrected chi connectivity index (χ3v) is 5.58. The summed E-state index contributed by atoms with van der Waals surface area (Å²) in [7, 11) is 1.91. The third kappa shape index (κ3) is 4.82. The van der Waals surface area contributed by atoms with Crippen molar-refractivity contribution in [1.82, 2.24) is 14.7 Å². The van der Waals surface area contributed by atoms with E-state index in [4.69, 9.17) is 15.5 Å². The molecule has 0 saturated heterocycles. The first-order valence-corrected chi connectivity index (χ1v) is 11.2. The van der Waals surface area contributed by atoms with E-state index in [2.05, 4.69) is 41.9 Å². The molecule has 0 aliphatic carbocycles. The number of anilines is 3. The molecule has 1 amide bonds. The number of likely N-dealkylation sites (N-methyl/N-ethyl adjacent to an activating group) is 1. The molecule has 0 fully saturated rings. The van der Waals surface area contributed by atoms with Gasteiger partial charge in [-0.3, -0.25) is 9.20 Å². The first-order chi connectivity index (χ1) is 16.5. The number of hydrogen-bond donors (Lipinski definition) is 4. The summed E-state index contributed by atoms with van der Waals surface area (Å²) >= 11 is 0. The van der Waals surface area contributed by atoms with Crippen molar-refractivity contribution >= 4 is 28.7 Å². The Labute approximate surface area is 199 Å². The second-order valence-corrected chi connectivity index (χ2v) is 8.09. The molecule has 2 heterocycles. The van der Waals surface area contributed by atoms with Gasteiger partial charge in [0.15, 0.2) is 6.61 Å². The Hall–Kier alpha value is -4.04. The second-order valence-electron chi connectivity index (χ2n) is 8.09. The molecule has 0 atom stereocenters. The van der Waals surface area contributed by atoms with Crippen LogP contribution < -0.4 is 26.4 Å². The molecule has 8 heteroatoms. The van der Waals surface area contributed by atoms with E-state index >= 15 is 0 Å². The van der Waals surface area contributed by atoms with Crippen LogP contribution in [0.5, 0.6) is 5.75 Å². The van der Waals surface area contributed by atoms with E-state index < -0.39 is 5.91 Å². The van der Waals surface area contributed by atoms with Crippen molar-refractivity contribution in [3.63, 3.8) is 0 Å². The number of amides is 1. The third-order valence-electron chi connectivity index (χ3n) is 5.58. The van der Waals surface area contributed by atoms with Crippen LogP contribution in [0.4, 0.5) is 17.2 Å². The van der Waals surface area contributed by atoms with Crippen LogP contribution in [0, 0.1) is 13.8 Å². The number of ether oxygens (including phenoxy) is 1. The fraction of sp³-hybridized carbons (Fsp3) is 0.231. The Morgan fingerprint density at radius 3 is 2.53 bits per heavy atom. The molecule has 2 aromatic heterocycles. The molecular weight excluding hydrogens is 428 g/mol. The largest absolute Gasteiger partial charge is 0.483 e. The van der Waals surface area contributed by atoms with E-state index in [-0.39, 0.29) is 6.61 Å². The van der Waals surface area contributed by atoms with Gasteiger partial charge in [-0.1, -0.05) is 30.3 Å². The van der Waals surface area contributed by atoms with Crippen molar-refractivity contribution in [2.45, 2.75) is 13.8 Å². The number of primary amides is 1. The van der Waals surface area contributed by atoms with Crippen LogP contribution in [-0.4, -0.2) is 42.0 Å². The van der Waals surface area contributed by atoms with E-state index in [0.717, 1.165) is 46.1 Å². The Kier molecular flexibility index (Phi) is 6.98. The summed E-state index contributed by atoms with van der Waals surface area (Å²) in [5.74, 6) is 0.796. The van der Waals surface area contributed by atoms with Gasteiger partial charge in [0.25, 0.3) is 5.91 Å². The van der Waals surface area contributed by atoms with Crippen molar-refractivity contribution < 1.29 is 9.53 Å². The minimum atomic E-state index is -0.539. The highest BCUT2D eigenvalue weighted by molar-refractivity contribution is 5.91. The molecule has 0 aliphatic rings. The number of rotatable bonds is 10. The molecule has 0 radical (unpaired) electrons. The van der Waals surface area contributed by atoms with Gasteiger partial charge in [-0.25, -0.2) is 4.98 Å². The number of nitrogens with two attached hydrogens (primary N) is 1. The monoisotopic (exact) mass is 458 g/mol. The van der Waals surface area contributed by atoms with Crippen LogP contribution in [0.3, 0.4) is 0 Å². The Bertz CT molecular complexity index is 1290. The van der Waals surface area contributed by atoms with Crippen molar-refractivity contribution in [3.8, 4) is 17.0 Å². The van der Waals surface area contributed by atoms with Crippen LogP contribution in [0.15, 0.2) is 60.8 Å². The first-order valence-electron chi connectivity index (χ1n) is 11.2. The molecule has 0 aliphatic heterocycles. The highest BCUT2D eigenvalue weighted by Gasteiger charge is 2.22. The zero-order valence-corrected chi connectivity index (χ0v) is 19.7. The average Bonchev–Trinajstić information content (AvgIpc) is 3.18. The Morgan fingerprint density at radius 1 is 1.03 bits per heavy atom. The lowest BCUT2D eigenvalue weighted by Gasteiger charge is -2.18. The molecular formula is C26H30N6O2. The summed E-state index contributed by atoms with van der Waals surface area (Å²) in [6, 6.07) is 17.8. The molecule has 4 rings (SSSR count). The predicted octanol–water partition coefficient (Wildman–Crippen LogP) is 3.86. The predicted molar refractivity (Wildman–Crippen MR) is 137 cm³/mol. The molecule has 176 valence electrons. The van der Waals surface area contributed by atoms with E-state index in [1.54, 1.807) is 0 Å². The van der Waals surface area contributed by atoms with E-state index in [9.17, 15) is 4.79 Å². The summed E-state index contributed by atoms with van der Waals surface area (Å²) < 4.78 is 7.86. The average molecular weight is 459 g/mol. The summed E-state index contributed by atoms with van der Waals surface area (Å²) in [4.78, 5) is 16.4. The number of carbonyl (C=O) groups excluding carboxylic acids is 1. The minimum absolute atomic E-state index is 0.222. The normalized spacial score (nSPS) is 10.9. The SMILES string of the molecule is CNCCNc1cccc(OCC(N)=O)c1-c1nc2ccccn2c1Nc1c(C)cccc1C. The van der Waals surface area contributed by atoms with Crippen LogP contribution in [-0.2, 0) is 4.79 Å². The van der Waals surface area contributed by atoms with Crippen LogP contribution in [0.1, 0.15) is 11.1 Å². The fourth-order valence-corrected chi connectivity index (χ4v) is 3.93. The van der Waals surface area contributed by atoms with E-state index in [1.807, 2.05) is 60.1 Å². The molecule has 0 unspecified atom stereocenters. The molecule has 2 aromatic carbocycles. The number of benzene rings is 2. The summed E-state index contributed by atoms with van der Waals surface area (Å²) in [6.07, 6.45) is 1.97. The van der Waals surface area contributed by atoms with Crippen molar-refractivity contribution in [2.24, 2.45) is 5.73 Å². The zero-order valence-electron chi connectivity index (χ0n) is 19.7. The first kappa shape index (κ1) is 23.1. The number of aryl methyl sites for hydroxylation is 2. The van der Waals surface area contributed by atoms with Crippen molar-refractivity contribution in [1.29, 1.82) is 0 Å².